The van der Waals surface area contributed by atoms with Crippen molar-refractivity contribution in [3.63, 3.8) is 0 Å². The number of carboxylic acid groups (broad SMARTS) is 1. The maximum absolute atomic E-state index is 11.1. The Morgan fingerprint density at radius 1 is 1.37 bits per heavy atom. The molecule has 19 heavy (non-hydrogen) atoms. The molecule has 1 aromatic heterocycles. The molecule has 1 aromatic rings. The van der Waals surface area contributed by atoms with Gasteiger partial charge in [0.05, 0.1) is 5.56 Å². The molecule has 1 N–H and O–H groups in total. The van der Waals surface area contributed by atoms with Crippen molar-refractivity contribution in [3.8, 4) is 0 Å². The minimum absolute atomic E-state index is 0.428. The third-order valence-electron chi connectivity index (χ3n) is 3.83. The van der Waals surface area contributed by atoms with Gasteiger partial charge in [-0.05, 0) is 60.2 Å². The average molecular weight is 266 g/mol. The highest BCUT2D eigenvalue weighted by atomic mass is 16.4. The van der Waals surface area contributed by atoms with Gasteiger partial charge in [-0.25, -0.2) is 4.79 Å². The molecule has 0 radical (unpaired) electrons. The smallest absolute Gasteiger partial charge is 0.337 e. The zero-order valence-electron chi connectivity index (χ0n) is 12.7. The summed E-state index contributed by atoms with van der Waals surface area (Å²) in [5.74, 6) is -0.834. The van der Waals surface area contributed by atoms with Gasteiger partial charge in [-0.15, -0.1) is 0 Å². The molecule has 0 saturated carbocycles. The van der Waals surface area contributed by atoms with Crippen molar-refractivity contribution in [2.45, 2.75) is 53.1 Å². The van der Waals surface area contributed by atoms with Crippen molar-refractivity contribution >= 4 is 5.97 Å². The van der Waals surface area contributed by atoms with Crippen molar-refractivity contribution in [1.29, 1.82) is 0 Å². The maximum atomic E-state index is 11.1. The molecule has 0 amide bonds. The Balaban J connectivity index is 2.52. The van der Waals surface area contributed by atoms with Crippen molar-refractivity contribution in [2.24, 2.45) is 0 Å². The SMILES string of the molecule is Cc1cc(C(=O)O)c(C)n1CCCCN(C)C(C)C. The second-order valence-electron chi connectivity index (χ2n) is 5.52. The van der Waals surface area contributed by atoms with Gasteiger partial charge < -0.3 is 14.6 Å². The first-order chi connectivity index (χ1) is 8.84. The lowest BCUT2D eigenvalue weighted by Crippen LogP contribution is -2.27. The highest BCUT2D eigenvalue weighted by Crippen LogP contribution is 2.16. The number of aryl methyl sites for hydroxylation is 1. The van der Waals surface area contributed by atoms with E-state index in [0.29, 0.717) is 11.6 Å². The van der Waals surface area contributed by atoms with E-state index >= 15 is 0 Å². The summed E-state index contributed by atoms with van der Waals surface area (Å²) in [5.41, 5.74) is 2.33. The van der Waals surface area contributed by atoms with Crippen molar-refractivity contribution in [3.05, 3.63) is 23.0 Å². The second kappa shape index (κ2) is 6.75. The van der Waals surface area contributed by atoms with E-state index in [2.05, 4.69) is 30.4 Å². The molecule has 0 atom stereocenters. The topological polar surface area (TPSA) is 45.5 Å². The van der Waals surface area contributed by atoms with Gasteiger partial charge in [0.2, 0.25) is 0 Å². The molecule has 0 spiro atoms. The number of unbranched alkanes of at least 4 members (excludes halogenated alkanes) is 1. The van der Waals surface area contributed by atoms with Gasteiger partial charge in [0, 0.05) is 24.0 Å². The molecule has 1 rings (SSSR count). The largest absolute Gasteiger partial charge is 0.478 e. The Hall–Kier alpha value is -1.29. The Bertz CT molecular complexity index is 436. The minimum atomic E-state index is -0.834. The van der Waals surface area contributed by atoms with Crippen molar-refractivity contribution in [1.82, 2.24) is 9.47 Å². The summed E-state index contributed by atoms with van der Waals surface area (Å²) in [6, 6.07) is 2.34. The van der Waals surface area contributed by atoms with Crippen LogP contribution in [0.15, 0.2) is 6.07 Å². The van der Waals surface area contributed by atoms with Gasteiger partial charge >= 0.3 is 5.97 Å². The van der Waals surface area contributed by atoms with Gasteiger partial charge in [0.1, 0.15) is 0 Å². The molecule has 0 aliphatic heterocycles. The van der Waals surface area contributed by atoms with Crippen LogP contribution in [-0.4, -0.2) is 40.2 Å². The fourth-order valence-electron chi connectivity index (χ4n) is 2.25. The van der Waals surface area contributed by atoms with Crippen LogP contribution in [-0.2, 0) is 6.54 Å². The lowest BCUT2D eigenvalue weighted by Gasteiger charge is -2.20. The van der Waals surface area contributed by atoms with Crippen LogP contribution in [0.5, 0.6) is 0 Å². The van der Waals surface area contributed by atoms with Crippen LogP contribution in [0.25, 0.3) is 0 Å². The van der Waals surface area contributed by atoms with E-state index in [1.807, 2.05) is 13.8 Å². The molecule has 0 bridgehead atoms. The number of hydrogen-bond acceptors (Lipinski definition) is 2. The normalized spacial score (nSPS) is 11.5. The molecule has 4 heteroatoms. The first kappa shape index (κ1) is 15.8. The van der Waals surface area contributed by atoms with Gasteiger partial charge in [0.15, 0.2) is 0 Å². The van der Waals surface area contributed by atoms with Gasteiger partial charge in [0.25, 0.3) is 0 Å². The zero-order valence-corrected chi connectivity index (χ0v) is 12.7. The first-order valence-corrected chi connectivity index (χ1v) is 6.94. The van der Waals surface area contributed by atoms with Gasteiger partial charge in [-0.3, -0.25) is 0 Å². The fourth-order valence-corrected chi connectivity index (χ4v) is 2.25. The highest BCUT2D eigenvalue weighted by molar-refractivity contribution is 5.89. The average Bonchev–Trinajstić information content (AvgIpc) is 2.61. The predicted molar refractivity (Wildman–Crippen MR) is 77.9 cm³/mol. The molecule has 0 saturated heterocycles. The van der Waals surface area contributed by atoms with E-state index in [9.17, 15) is 4.79 Å². The number of carbonyl (C=O) groups is 1. The number of carboxylic acids is 1. The number of rotatable bonds is 7. The van der Waals surface area contributed by atoms with Crippen LogP contribution < -0.4 is 0 Å². The van der Waals surface area contributed by atoms with E-state index in [1.54, 1.807) is 6.07 Å². The Kier molecular flexibility index (Phi) is 5.60. The Labute approximate surface area is 116 Å². The van der Waals surface area contributed by atoms with Gasteiger partial charge in [-0.1, -0.05) is 0 Å². The van der Waals surface area contributed by atoms with E-state index in [1.165, 1.54) is 0 Å². The van der Waals surface area contributed by atoms with Crippen LogP contribution in [0.4, 0.5) is 0 Å². The van der Waals surface area contributed by atoms with Crippen LogP contribution >= 0.6 is 0 Å². The van der Waals surface area contributed by atoms with Crippen molar-refractivity contribution in [2.75, 3.05) is 13.6 Å². The summed E-state index contributed by atoms with van der Waals surface area (Å²) >= 11 is 0. The molecule has 108 valence electrons. The lowest BCUT2D eigenvalue weighted by molar-refractivity contribution is 0.0696. The second-order valence-corrected chi connectivity index (χ2v) is 5.52. The number of aromatic carboxylic acids is 1. The third-order valence-corrected chi connectivity index (χ3v) is 3.83. The maximum Gasteiger partial charge on any atom is 0.337 e. The molecular formula is C15H26N2O2. The van der Waals surface area contributed by atoms with Crippen LogP contribution in [0, 0.1) is 13.8 Å². The Morgan fingerprint density at radius 3 is 2.47 bits per heavy atom. The van der Waals surface area contributed by atoms with E-state index in [4.69, 9.17) is 5.11 Å². The molecule has 0 fully saturated rings. The summed E-state index contributed by atoms with van der Waals surface area (Å²) in [6.07, 6.45) is 2.21. The summed E-state index contributed by atoms with van der Waals surface area (Å²) in [7, 11) is 2.14. The van der Waals surface area contributed by atoms with E-state index in [-0.39, 0.29) is 0 Å². The lowest BCUT2D eigenvalue weighted by atomic mass is 10.2. The summed E-state index contributed by atoms with van der Waals surface area (Å²) < 4.78 is 2.11. The molecule has 0 aromatic carbocycles. The predicted octanol–water partition coefficient (Wildman–Crippen LogP) is 2.92. The summed E-state index contributed by atoms with van der Waals surface area (Å²) in [5, 5.41) is 9.09. The number of nitrogens with zero attached hydrogens (tertiary/aromatic N) is 2. The zero-order chi connectivity index (χ0) is 14.6. The van der Waals surface area contributed by atoms with Crippen LogP contribution in [0.3, 0.4) is 0 Å². The quantitative estimate of drug-likeness (QED) is 0.772. The summed E-state index contributed by atoms with van der Waals surface area (Å²) in [4.78, 5) is 13.4. The number of hydrogen-bond donors (Lipinski definition) is 1. The van der Waals surface area contributed by atoms with E-state index in [0.717, 1.165) is 37.3 Å². The third kappa shape index (κ3) is 4.10. The standard InChI is InChI=1S/C15H26N2O2/c1-11(2)16(5)8-6-7-9-17-12(3)10-14(13(17)4)15(18)19/h10-11H,6-9H2,1-5H3,(H,18,19). The highest BCUT2D eigenvalue weighted by Gasteiger charge is 2.14. The molecule has 1 heterocycles. The number of aromatic nitrogens is 1. The van der Waals surface area contributed by atoms with Gasteiger partial charge in [-0.2, -0.15) is 0 Å². The molecule has 0 aliphatic carbocycles. The summed E-state index contributed by atoms with van der Waals surface area (Å²) in [6.45, 7) is 10.2. The molecule has 4 nitrogen and oxygen atoms in total. The molecule has 0 aliphatic rings. The first-order valence-electron chi connectivity index (χ1n) is 6.94. The van der Waals surface area contributed by atoms with Crippen molar-refractivity contribution < 1.29 is 9.90 Å². The van der Waals surface area contributed by atoms with Crippen LogP contribution in [0.2, 0.25) is 0 Å². The van der Waals surface area contributed by atoms with E-state index < -0.39 is 5.97 Å². The molecular weight excluding hydrogens is 240 g/mol. The Morgan fingerprint density at radius 2 is 2.00 bits per heavy atom. The monoisotopic (exact) mass is 266 g/mol. The van der Waals surface area contributed by atoms with Crippen LogP contribution in [0.1, 0.15) is 48.4 Å². The molecule has 0 unspecified atom stereocenters. The minimum Gasteiger partial charge on any atom is -0.478 e. The fraction of sp³-hybridized carbons (Fsp3) is 0.667.